The van der Waals surface area contributed by atoms with Crippen LogP contribution in [0.2, 0.25) is 0 Å². The molecule has 166 valence electrons. The third-order valence-electron chi connectivity index (χ3n) is 6.79. The molecule has 2 fully saturated rings. The van der Waals surface area contributed by atoms with Crippen molar-refractivity contribution < 1.29 is 20.1 Å². The lowest BCUT2D eigenvalue weighted by atomic mass is 9.60. The number of alkyl halides is 1. The summed E-state index contributed by atoms with van der Waals surface area (Å²) in [5.74, 6) is 0.0109. The summed E-state index contributed by atoms with van der Waals surface area (Å²) in [6.07, 6.45) is 15.6. The average molecular weight is 427 g/mol. The maximum absolute atomic E-state index is 10.8. The number of carbonyl (C=O) groups is 1. The van der Waals surface area contributed by atoms with Gasteiger partial charge in [-0.2, -0.15) is 0 Å². The first-order valence-electron chi connectivity index (χ1n) is 11.3. The highest BCUT2D eigenvalue weighted by Crippen LogP contribution is 2.49. The number of halogens is 1. The minimum atomic E-state index is -0.761. The Morgan fingerprint density at radius 2 is 1.97 bits per heavy atom. The molecular formula is C24H39ClO4. The lowest BCUT2D eigenvalue weighted by Crippen LogP contribution is -2.42. The summed E-state index contributed by atoms with van der Waals surface area (Å²) in [6.45, 7) is 4.44. The molecule has 0 bridgehead atoms. The van der Waals surface area contributed by atoms with E-state index < -0.39 is 12.1 Å². The number of carboxylic acid groups (broad SMARTS) is 1. The average Bonchev–Trinajstić information content (AvgIpc) is 2.87. The normalized spacial score (nSPS) is 30.3. The minimum absolute atomic E-state index is 0.0100. The van der Waals surface area contributed by atoms with E-state index in [1.807, 2.05) is 6.08 Å². The maximum atomic E-state index is 10.8. The van der Waals surface area contributed by atoms with Crippen molar-refractivity contribution in [3.8, 4) is 0 Å². The molecule has 2 saturated carbocycles. The van der Waals surface area contributed by atoms with E-state index >= 15 is 0 Å². The van der Waals surface area contributed by atoms with Gasteiger partial charge in [-0.25, -0.2) is 0 Å². The van der Waals surface area contributed by atoms with E-state index in [4.69, 9.17) is 16.7 Å². The summed E-state index contributed by atoms with van der Waals surface area (Å²) in [5.41, 5.74) is 0.0832. The Morgan fingerprint density at radius 1 is 1.24 bits per heavy atom. The van der Waals surface area contributed by atoms with E-state index in [9.17, 15) is 15.0 Å². The van der Waals surface area contributed by atoms with E-state index in [2.05, 4.69) is 32.1 Å². The summed E-state index contributed by atoms with van der Waals surface area (Å²) in [5, 5.41) is 29.9. The Balaban J connectivity index is 1.86. The van der Waals surface area contributed by atoms with Crippen LogP contribution in [0, 0.1) is 23.2 Å². The molecule has 0 amide bonds. The first kappa shape index (κ1) is 24.4. The van der Waals surface area contributed by atoms with Crippen molar-refractivity contribution in [3.05, 3.63) is 24.3 Å². The largest absolute Gasteiger partial charge is 0.481 e. The van der Waals surface area contributed by atoms with Gasteiger partial charge in [0.05, 0.1) is 12.2 Å². The van der Waals surface area contributed by atoms with Crippen LogP contribution in [0.15, 0.2) is 24.3 Å². The van der Waals surface area contributed by atoms with Gasteiger partial charge in [-0.05, 0) is 68.6 Å². The molecular weight excluding hydrogens is 388 g/mol. The van der Waals surface area contributed by atoms with Crippen LogP contribution in [-0.4, -0.2) is 38.9 Å². The van der Waals surface area contributed by atoms with Gasteiger partial charge in [-0.3, -0.25) is 4.79 Å². The second kappa shape index (κ2) is 11.5. The zero-order valence-electron chi connectivity index (χ0n) is 18.0. The Labute approximate surface area is 181 Å². The van der Waals surface area contributed by atoms with Gasteiger partial charge in [-0.1, -0.05) is 44.6 Å². The standard InChI is InChI=1S/C24H39ClO4/c1-17(2)16-24(13-8-14-24)22(27)11-7-10-19-18(20(25)15-21(19)26)9-5-3-4-6-12-23(28)29/h3,5,7,10,17-22,26-27H,4,6,8-9,11-16H2,1-2H3,(H,28,29)/b5-3-,10-7+/t18-,19-,20+,21-,22?/m1/s1. The molecule has 5 heteroatoms. The Hall–Kier alpha value is -0.840. The van der Waals surface area contributed by atoms with Crippen molar-refractivity contribution in [2.24, 2.45) is 23.2 Å². The summed E-state index contributed by atoms with van der Waals surface area (Å²) in [4.78, 5) is 10.6. The number of hydrogen-bond acceptors (Lipinski definition) is 3. The zero-order chi connectivity index (χ0) is 21.4. The Kier molecular flexibility index (Phi) is 9.71. The van der Waals surface area contributed by atoms with Crippen molar-refractivity contribution in [1.82, 2.24) is 0 Å². The molecule has 5 atom stereocenters. The quantitative estimate of drug-likeness (QED) is 0.224. The van der Waals surface area contributed by atoms with Crippen LogP contribution < -0.4 is 0 Å². The number of aliphatic hydroxyl groups excluding tert-OH is 2. The summed E-state index contributed by atoms with van der Waals surface area (Å²) >= 11 is 6.50. The second-order valence-electron chi connectivity index (χ2n) is 9.55. The van der Waals surface area contributed by atoms with Gasteiger partial charge in [0.15, 0.2) is 0 Å². The van der Waals surface area contributed by atoms with E-state index in [1.54, 1.807) is 0 Å². The molecule has 4 nitrogen and oxygen atoms in total. The molecule has 0 aliphatic heterocycles. The van der Waals surface area contributed by atoms with E-state index in [0.29, 0.717) is 25.2 Å². The Morgan fingerprint density at radius 3 is 2.55 bits per heavy atom. The van der Waals surface area contributed by atoms with Crippen LogP contribution in [0.25, 0.3) is 0 Å². The number of unbranched alkanes of at least 4 members (excludes halogenated alkanes) is 1. The minimum Gasteiger partial charge on any atom is -0.481 e. The van der Waals surface area contributed by atoms with Crippen LogP contribution in [0.3, 0.4) is 0 Å². The smallest absolute Gasteiger partial charge is 0.303 e. The van der Waals surface area contributed by atoms with Crippen LogP contribution in [0.5, 0.6) is 0 Å². The van der Waals surface area contributed by atoms with Crippen LogP contribution >= 0.6 is 11.6 Å². The highest BCUT2D eigenvalue weighted by Gasteiger charge is 2.43. The third kappa shape index (κ3) is 7.11. The van der Waals surface area contributed by atoms with Crippen molar-refractivity contribution in [2.45, 2.75) is 95.6 Å². The van der Waals surface area contributed by atoms with Gasteiger partial charge in [0, 0.05) is 17.7 Å². The molecule has 0 saturated heterocycles. The van der Waals surface area contributed by atoms with Crippen molar-refractivity contribution in [1.29, 1.82) is 0 Å². The SMILES string of the molecule is CC(C)CC1(C(O)C/C=C/[C@@H]2[C@@H](C/C=C\CCCC(=O)O)[C@@H](Cl)C[C@H]2O)CCC1. The zero-order valence-corrected chi connectivity index (χ0v) is 18.7. The number of allylic oxidation sites excluding steroid dienone is 2. The topological polar surface area (TPSA) is 77.8 Å². The molecule has 0 radical (unpaired) electrons. The first-order valence-corrected chi connectivity index (χ1v) is 11.7. The molecule has 3 N–H and O–H groups in total. The first-order chi connectivity index (χ1) is 13.7. The molecule has 1 unspecified atom stereocenters. The van der Waals surface area contributed by atoms with Gasteiger partial charge in [0.1, 0.15) is 0 Å². The third-order valence-corrected chi connectivity index (χ3v) is 7.30. The van der Waals surface area contributed by atoms with Gasteiger partial charge >= 0.3 is 5.97 Å². The van der Waals surface area contributed by atoms with Crippen LogP contribution in [0.4, 0.5) is 0 Å². The molecule has 2 aliphatic carbocycles. The highest BCUT2D eigenvalue weighted by molar-refractivity contribution is 6.21. The van der Waals surface area contributed by atoms with Crippen molar-refractivity contribution in [2.75, 3.05) is 0 Å². The molecule has 29 heavy (non-hydrogen) atoms. The molecule has 0 aromatic heterocycles. The fourth-order valence-corrected chi connectivity index (χ4v) is 5.59. The second-order valence-corrected chi connectivity index (χ2v) is 10.1. The van der Waals surface area contributed by atoms with Gasteiger partial charge in [0.25, 0.3) is 0 Å². The number of aliphatic hydroxyl groups is 2. The molecule has 0 spiro atoms. The van der Waals surface area contributed by atoms with Crippen LogP contribution in [-0.2, 0) is 4.79 Å². The van der Waals surface area contributed by atoms with E-state index in [-0.39, 0.29) is 35.2 Å². The monoisotopic (exact) mass is 426 g/mol. The number of carboxylic acids is 1. The molecule has 0 aromatic rings. The molecule has 2 rings (SSSR count). The highest BCUT2D eigenvalue weighted by atomic mass is 35.5. The van der Waals surface area contributed by atoms with E-state index in [0.717, 1.165) is 32.1 Å². The van der Waals surface area contributed by atoms with E-state index in [1.165, 1.54) is 6.42 Å². The fraction of sp³-hybridized carbons (Fsp3) is 0.792. The van der Waals surface area contributed by atoms with Crippen molar-refractivity contribution >= 4 is 17.6 Å². The number of aliphatic carboxylic acids is 1. The van der Waals surface area contributed by atoms with Gasteiger partial charge in [0.2, 0.25) is 0 Å². The number of rotatable bonds is 12. The number of hydrogen-bond donors (Lipinski definition) is 3. The molecule has 0 heterocycles. The molecule has 2 aliphatic rings. The van der Waals surface area contributed by atoms with Crippen LogP contribution in [0.1, 0.15) is 78.1 Å². The molecule has 0 aromatic carbocycles. The lowest BCUT2D eigenvalue weighted by Gasteiger charge is -2.46. The Bertz CT molecular complexity index is 567. The predicted molar refractivity (Wildman–Crippen MR) is 118 cm³/mol. The predicted octanol–water partition coefficient (Wildman–Crippen LogP) is 5.32. The lowest BCUT2D eigenvalue weighted by molar-refractivity contribution is -0.137. The summed E-state index contributed by atoms with van der Waals surface area (Å²) in [6, 6.07) is 0. The fourth-order valence-electron chi connectivity index (χ4n) is 5.14. The van der Waals surface area contributed by atoms with Crippen molar-refractivity contribution in [3.63, 3.8) is 0 Å². The summed E-state index contributed by atoms with van der Waals surface area (Å²) in [7, 11) is 0. The van der Waals surface area contributed by atoms with Gasteiger partial charge < -0.3 is 15.3 Å². The maximum Gasteiger partial charge on any atom is 0.303 e. The van der Waals surface area contributed by atoms with Gasteiger partial charge in [-0.15, -0.1) is 11.6 Å². The summed E-state index contributed by atoms with van der Waals surface area (Å²) < 4.78 is 0.